The van der Waals surface area contributed by atoms with Crippen molar-refractivity contribution in [3.05, 3.63) is 52.3 Å². The van der Waals surface area contributed by atoms with E-state index in [4.69, 9.17) is 5.73 Å². The first kappa shape index (κ1) is 16.2. The van der Waals surface area contributed by atoms with E-state index >= 15 is 0 Å². The summed E-state index contributed by atoms with van der Waals surface area (Å²) in [7, 11) is 4.05. The summed E-state index contributed by atoms with van der Waals surface area (Å²) in [4.78, 5) is 2.30. The van der Waals surface area contributed by atoms with Crippen molar-refractivity contribution in [3.63, 3.8) is 0 Å². The molecule has 21 heavy (non-hydrogen) atoms. The number of hydrogen-bond donors (Lipinski definition) is 1. The molecule has 1 heterocycles. The molecule has 0 amide bonds. The topological polar surface area (TPSA) is 47.1 Å². The summed E-state index contributed by atoms with van der Waals surface area (Å²) >= 11 is 3.65. The molecule has 2 atom stereocenters. The van der Waals surface area contributed by atoms with E-state index < -0.39 is 0 Å². The minimum atomic E-state index is 0.0883. The third-order valence-electron chi connectivity index (χ3n) is 3.77. The van der Waals surface area contributed by atoms with Crippen molar-refractivity contribution in [2.45, 2.75) is 32.0 Å². The fourth-order valence-electron chi connectivity index (χ4n) is 2.67. The Morgan fingerprint density at radius 1 is 1.38 bits per heavy atom. The van der Waals surface area contributed by atoms with Crippen LogP contribution in [0.2, 0.25) is 0 Å². The van der Waals surface area contributed by atoms with Crippen LogP contribution in [0.4, 0.5) is 0 Å². The number of aromatic nitrogens is 2. The number of nitrogens with two attached hydrogens (primary N) is 1. The zero-order valence-corrected chi connectivity index (χ0v) is 14.4. The van der Waals surface area contributed by atoms with E-state index in [1.807, 2.05) is 30.2 Å². The summed E-state index contributed by atoms with van der Waals surface area (Å²) in [6.07, 6.45) is 4.89. The molecule has 1 aromatic heterocycles. The van der Waals surface area contributed by atoms with Crippen molar-refractivity contribution < 1.29 is 0 Å². The van der Waals surface area contributed by atoms with Crippen LogP contribution in [0, 0.1) is 0 Å². The zero-order valence-electron chi connectivity index (χ0n) is 12.8. The van der Waals surface area contributed by atoms with Crippen LogP contribution in [0.1, 0.15) is 30.5 Å². The van der Waals surface area contributed by atoms with Crippen LogP contribution >= 0.6 is 15.9 Å². The normalized spacial score (nSPS) is 14.4. The number of benzene rings is 1. The van der Waals surface area contributed by atoms with Crippen molar-refractivity contribution in [1.82, 2.24) is 14.7 Å². The lowest BCUT2D eigenvalue weighted by Crippen LogP contribution is -2.38. The summed E-state index contributed by atoms with van der Waals surface area (Å²) in [5.41, 5.74) is 8.82. The van der Waals surface area contributed by atoms with Crippen LogP contribution in [0.3, 0.4) is 0 Å². The van der Waals surface area contributed by atoms with Crippen molar-refractivity contribution in [3.8, 4) is 0 Å². The van der Waals surface area contributed by atoms with Gasteiger partial charge in [-0.3, -0.25) is 9.58 Å². The predicted octanol–water partition coefficient (Wildman–Crippen LogP) is 3.09. The average Bonchev–Trinajstić information content (AvgIpc) is 2.86. The first-order valence-corrected chi connectivity index (χ1v) is 8.00. The second-order valence-electron chi connectivity index (χ2n) is 5.48. The van der Waals surface area contributed by atoms with Crippen LogP contribution in [0.5, 0.6) is 0 Å². The van der Waals surface area contributed by atoms with Gasteiger partial charge in [0.25, 0.3) is 0 Å². The van der Waals surface area contributed by atoms with Crippen LogP contribution in [-0.2, 0) is 13.6 Å². The molecule has 2 unspecified atom stereocenters. The fourth-order valence-corrected chi connectivity index (χ4v) is 3.19. The third kappa shape index (κ3) is 3.93. The largest absolute Gasteiger partial charge is 0.326 e. The predicted molar refractivity (Wildman–Crippen MR) is 89.8 cm³/mol. The quantitative estimate of drug-likeness (QED) is 0.870. The number of rotatable bonds is 6. The fraction of sp³-hybridized carbons (Fsp3) is 0.438. The maximum absolute atomic E-state index is 6.39. The van der Waals surface area contributed by atoms with Gasteiger partial charge in [0, 0.05) is 35.9 Å². The van der Waals surface area contributed by atoms with E-state index in [9.17, 15) is 0 Å². The van der Waals surface area contributed by atoms with Crippen LogP contribution in [0.25, 0.3) is 0 Å². The minimum Gasteiger partial charge on any atom is -0.326 e. The van der Waals surface area contributed by atoms with Crippen molar-refractivity contribution in [2.75, 3.05) is 7.05 Å². The van der Waals surface area contributed by atoms with Gasteiger partial charge in [-0.15, -0.1) is 0 Å². The average molecular weight is 351 g/mol. The molecule has 2 rings (SSSR count). The van der Waals surface area contributed by atoms with Gasteiger partial charge in [-0.05, 0) is 25.1 Å². The van der Waals surface area contributed by atoms with Crippen molar-refractivity contribution in [2.24, 2.45) is 12.8 Å². The molecule has 2 aromatic rings. The summed E-state index contributed by atoms with van der Waals surface area (Å²) in [6.45, 7) is 2.96. The van der Waals surface area contributed by atoms with Gasteiger partial charge in [-0.1, -0.05) is 41.1 Å². The number of aryl methyl sites for hydroxylation is 1. The molecule has 0 aliphatic heterocycles. The second kappa shape index (κ2) is 7.20. The van der Waals surface area contributed by atoms with Crippen molar-refractivity contribution in [1.29, 1.82) is 0 Å². The highest BCUT2D eigenvalue weighted by Crippen LogP contribution is 2.30. The Balaban J connectivity index is 2.25. The van der Waals surface area contributed by atoms with Gasteiger partial charge >= 0.3 is 0 Å². The van der Waals surface area contributed by atoms with E-state index in [0.717, 1.165) is 17.4 Å². The molecule has 0 fully saturated rings. The smallest absolute Gasteiger partial charge is 0.0534 e. The lowest BCUT2D eigenvalue weighted by molar-refractivity contribution is 0.201. The Bertz CT molecular complexity index is 581. The Labute approximate surface area is 135 Å². The van der Waals surface area contributed by atoms with Gasteiger partial charge in [0.2, 0.25) is 0 Å². The van der Waals surface area contributed by atoms with Crippen LogP contribution in [0.15, 0.2) is 41.1 Å². The molecular weight excluding hydrogens is 328 g/mol. The van der Waals surface area contributed by atoms with Gasteiger partial charge < -0.3 is 5.73 Å². The molecule has 0 spiro atoms. The highest BCUT2D eigenvalue weighted by Gasteiger charge is 2.25. The molecule has 1 aromatic carbocycles. The lowest BCUT2D eigenvalue weighted by atomic mass is 9.96. The highest BCUT2D eigenvalue weighted by atomic mass is 79.9. The first-order valence-electron chi connectivity index (χ1n) is 7.20. The maximum atomic E-state index is 6.39. The summed E-state index contributed by atoms with van der Waals surface area (Å²) in [5.74, 6) is 0. The summed E-state index contributed by atoms with van der Waals surface area (Å²) in [6, 6.07) is 8.57. The Hall–Kier alpha value is -1.17. The lowest BCUT2D eigenvalue weighted by Gasteiger charge is -2.33. The van der Waals surface area contributed by atoms with Crippen molar-refractivity contribution >= 4 is 15.9 Å². The molecule has 0 saturated carbocycles. The SMILES string of the molecule is CCC(N)C(c1ccccc1Br)N(C)Cc1cnn(C)c1. The van der Waals surface area contributed by atoms with E-state index in [1.165, 1.54) is 11.1 Å². The van der Waals surface area contributed by atoms with E-state index in [1.54, 1.807) is 0 Å². The second-order valence-corrected chi connectivity index (χ2v) is 6.33. The molecule has 114 valence electrons. The van der Waals surface area contributed by atoms with Gasteiger partial charge in [0.05, 0.1) is 12.2 Å². The van der Waals surface area contributed by atoms with E-state index in [0.29, 0.717) is 0 Å². The number of likely N-dealkylation sites (N-methyl/N-ethyl adjacent to an activating group) is 1. The molecule has 0 bridgehead atoms. The highest BCUT2D eigenvalue weighted by molar-refractivity contribution is 9.10. The molecule has 0 aliphatic rings. The number of halogens is 1. The van der Waals surface area contributed by atoms with Gasteiger partial charge in [-0.25, -0.2) is 0 Å². The zero-order chi connectivity index (χ0) is 15.4. The number of nitrogens with zero attached hydrogens (tertiary/aromatic N) is 3. The minimum absolute atomic E-state index is 0.0883. The van der Waals surface area contributed by atoms with Gasteiger partial charge in [-0.2, -0.15) is 5.10 Å². The monoisotopic (exact) mass is 350 g/mol. The Morgan fingerprint density at radius 2 is 2.10 bits per heavy atom. The first-order chi connectivity index (χ1) is 10.0. The molecule has 0 radical (unpaired) electrons. The van der Waals surface area contributed by atoms with E-state index in [-0.39, 0.29) is 12.1 Å². The molecule has 0 aliphatic carbocycles. The third-order valence-corrected chi connectivity index (χ3v) is 4.49. The molecular formula is C16H23BrN4. The number of hydrogen-bond acceptors (Lipinski definition) is 3. The summed E-state index contributed by atoms with van der Waals surface area (Å²) in [5, 5.41) is 4.23. The molecule has 2 N–H and O–H groups in total. The summed E-state index contributed by atoms with van der Waals surface area (Å²) < 4.78 is 2.94. The Kier molecular flexibility index (Phi) is 5.56. The molecule has 5 heteroatoms. The van der Waals surface area contributed by atoms with Crippen LogP contribution in [-0.4, -0.2) is 27.8 Å². The molecule has 0 saturated heterocycles. The standard InChI is InChI=1S/C16H23BrN4/c1-4-15(18)16(13-7-5-6-8-14(13)17)20(2)10-12-9-19-21(3)11-12/h5-9,11,15-16H,4,10,18H2,1-3H3. The van der Waals surface area contributed by atoms with Gasteiger partial charge in [0.15, 0.2) is 0 Å². The maximum Gasteiger partial charge on any atom is 0.0534 e. The van der Waals surface area contributed by atoms with E-state index in [2.05, 4.69) is 58.1 Å². The molecule has 4 nitrogen and oxygen atoms in total. The van der Waals surface area contributed by atoms with Gasteiger partial charge in [0.1, 0.15) is 0 Å². The van der Waals surface area contributed by atoms with Crippen LogP contribution < -0.4 is 5.73 Å². The Morgan fingerprint density at radius 3 is 2.67 bits per heavy atom.